The fourth-order valence-electron chi connectivity index (χ4n) is 2.18. The SMILES string of the molecule is Cc1c(C(CN)N(C)c2ccccc2)cnn1C. The number of likely N-dealkylation sites (N-methyl/N-ethyl adjacent to an activating group) is 1. The predicted molar refractivity (Wildman–Crippen MR) is 74.6 cm³/mol. The van der Waals surface area contributed by atoms with Crippen LogP contribution in [0.15, 0.2) is 36.5 Å². The number of nitrogens with two attached hydrogens (primary N) is 1. The molecule has 1 unspecified atom stereocenters. The Labute approximate surface area is 108 Å². The summed E-state index contributed by atoms with van der Waals surface area (Å²) in [4.78, 5) is 2.20. The molecular weight excluding hydrogens is 224 g/mol. The fourth-order valence-corrected chi connectivity index (χ4v) is 2.18. The highest BCUT2D eigenvalue weighted by Crippen LogP contribution is 2.26. The monoisotopic (exact) mass is 244 g/mol. The third-order valence-electron chi connectivity index (χ3n) is 3.49. The summed E-state index contributed by atoms with van der Waals surface area (Å²) in [6.07, 6.45) is 1.91. The van der Waals surface area contributed by atoms with Crippen LogP contribution >= 0.6 is 0 Å². The second-order valence-electron chi connectivity index (χ2n) is 4.51. The Balaban J connectivity index is 2.32. The number of aromatic nitrogens is 2. The standard InChI is InChI=1S/C14H20N4/c1-11-13(10-16-18(11)3)14(9-15)17(2)12-7-5-4-6-8-12/h4-8,10,14H,9,15H2,1-3H3. The quantitative estimate of drug-likeness (QED) is 0.893. The van der Waals surface area contributed by atoms with Crippen molar-refractivity contribution < 1.29 is 0 Å². The van der Waals surface area contributed by atoms with E-state index in [-0.39, 0.29) is 6.04 Å². The van der Waals surface area contributed by atoms with E-state index in [1.807, 2.05) is 36.1 Å². The Morgan fingerprint density at radius 3 is 2.50 bits per heavy atom. The minimum absolute atomic E-state index is 0.154. The maximum absolute atomic E-state index is 5.94. The van der Waals surface area contributed by atoms with Crippen LogP contribution in [0.1, 0.15) is 17.3 Å². The van der Waals surface area contributed by atoms with Gasteiger partial charge in [-0.15, -0.1) is 0 Å². The second-order valence-corrected chi connectivity index (χ2v) is 4.51. The lowest BCUT2D eigenvalue weighted by Gasteiger charge is -2.29. The molecule has 0 radical (unpaired) electrons. The molecule has 2 aromatic rings. The first kappa shape index (κ1) is 12.6. The van der Waals surface area contributed by atoms with E-state index in [9.17, 15) is 0 Å². The van der Waals surface area contributed by atoms with Crippen LogP contribution < -0.4 is 10.6 Å². The Kier molecular flexibility index (Phi) is 3.67. The van der Waals surface area contributed by atoms with Gasteiger partial charge in [-0.3, -0.25) is 4.68 Å². The molecule has 0 spiro atoms. The number of nitrogens with zero attached hydrogens (tertiary/aromatic N) is 3. The van der Waals surface area contributed by atoms with E-state index >= 15 is 0 Å². The largest absolute Gasteiger partial charge is 0.366 e. The van der Waals surface area contributed by atoms with Gasteiger partial charge >= 0.3 is 0 Å². The maximum Gasteiger partial charge on any atom is 0.0694 e. The van der Waals surface area contributed by atoms with Gasteiger partial charge in [0.1, 0.15) is 0 Å². The lowest BCUT2D eigenvalue weighted by Crippen LogP contribution is -2.30. The zero-order chi connectivity index (χ0) is 13.1. The summed E-state index contributed by atoms with van der Waals surface area (Å²) in [6.45, 7) is 2.64. The van der Waals surface area contributed by atoms with E-state index in [2.05, 4.69) is 36.1 Å². The second kappa shape index (κ2) is 5.23. The van der Waals surface area contributed by atoms with E-state index in [1.165, 1.54) is 5.56 Å². The van der Waals surface area contributed by atoms with Gasteiger partial charge in [-0.25, -0.2) is 0 Å². The van der Waals surface area contributed by atoms with Crippen LogP contribution in [0.2, 0.25) is 0 Å². The molecule has 0 aliphatic rings. The summed E-state index contributed by atoms with van der Waals surface area (Å²) in [5.74, 6) is 0. The summed E-state index contributed by atoms with van der Waals surface area (Å²) in [5, 5.41) is 4.30. The molecule has 0 amide bonds. The van der Waals surface area contributed by atoms with Crippen LogP contribution in [0, 0.1) is 6.92 Å². The fraction of sp³-hybridized carbons (Fsp3) is 0.357. The highest BCUT2D eigenvalue weighted by Gasteiger charge is 2.19. The van der Waals surface area contributed by atoms with Gasteiger partial charge in [0, 0.05) is 37.6 Å². The molecule has 0 saturated carbocycles. The maximum atomic E-state index is 5.94. The van der Waals surface area contributed by atoms with E-state index in [4.69, 9.17) is 5.73 Å². The third kappa shape index (κ3) is 2.24. The molecule has 1 atom stereocenters. The minimum atomic E-state index is 0.154. The molecule has 4 heteroatoms. The highest BCUT2D eigenvalue weighted by atomic mass is 15.3. The normalized spacial score (nSPS) is 12.4. The van der Waals surface area contributed by atoms with Gasteiger partial charge in [0.25, 0.3) is 0 Å². The van der Waals surface area contributed by atoms with Crippen molar-refractivity contribution in [3.05, 3.63) is 47.8 Å². The molecule has 1 aromatic carbocycles. The van der Waals surface area contributed by atoms with Crippen LogP contribution in [0.25, 0.3) is 0 Å². The molecule has 18 heavy (non-hydrogen) atoms. The molecule has 0 aliphatic carbocycles. The van der Waals surface area contributed by atoms with E-state index in [0.717, 1.165) is 11.4 Å². The van der Waals surface area contributed by atoms with Gasteiger partial charge in [0.05, 0.1) is 12.2 Å². The van der Waals surface area contributed by atoms with Crippen molar-refractivity contribution in [1.82, 2.24) is 9.78 Å². The van der Waals surface area contributed by atoms with Gasteiger partial charge < -0.3 is 10.6 Å². The first-order valence-corrected chi connectivity index (χ1v) is 6.11. The molecule has 0 fully saturated rings. The van der Waals surface area contributed by atoms with Crippen molar-refractivity contribution in [2.24, 2.45) is 12.8 Å². The predicted octanol–water partition coefficient (Wildman–Crippen LogP) is 1.86. The molecule has 4 nitrogen and oxygen atoms in total. The zero-order valence-corrected chi connectivity index (χ0v) is 11.2. The van der Waals surface area contributed by atoms with Crippen LogP contribution in [-0.2, 0) is 7.05 Å². The number of anilines is 1. The highest BCUT2D eigenvalue weighted by molar-refractivity contribution is 5.48. The molecule has 2 rings (SSSR count). The van der Waals surface area contributed by atoms with Crippen LogP contribution in [0.4, 0.5) is 5.69 Å². The average molecular weight is 244 g/mol. The smallest absolute Gasteiger partial charge is 0.0694 e. The van der Waals surface area contributed by atoms with Crippen LogP contribution in [0.3, 0.4) is 0 Å². The molecular formula is C14H20N4. The van der Waals surface area contributed by atoms with E-state index in [1.54, 1.807) is 0 Å². The van der Waals surface area contributed by atoms with Gasteiger partial charge in [-0.2, -0.15) is 5.10 Å². The Hall–Kier alpha value is -1.81. The van der Waals surface area contributed by atoms with Gasteiger partial charge in [0.15, 0.2) is 0 Å². The summed E-state index contributed by atoms with van der Waals surface area (Å²) < 4.78 is 1.89. The van der Waals surface area contributed by atoms with Gasteiger partial charge in [0.2, 0.25) is 0 Å². The van der Waals surface area contributed by atoms with E-state index < -0.39 is 0 Å². The Morgan fingerprint density at radius 2 is 2.00 bits per heavy atom. The lowest BCUT2D eigenvalue weighted by atomic mass is 10.1. The Morgan fingerprint density at radius 1 is 1.33 bits per heavy atom. The van der Waals surface area contributed by atoms with Crippen molar-refractivity contribution >= 4 is 5.69 Å². The van der Waals surface area contributed by atoms with Crippen LogP contribution in [0.5, 0.6) is 0 Å². The molecule has 0 bridgehead atoms. The number of hydrogen-bond donors (Lipinski definition) is 1. The van der Waals surface area contributed by atoms with Crippen LogP contribution in [-0.4, -0.2) is 23.4 Å². The zero-order valence-electron chi connectivity index (χ0n) is 11.2. The van der Waals surface area contributed by atoms with Crippen molar-refractivity contribution in [1.29, 1.82) is 0 Å². The Bertz CT molecular complexity index is 504. The van der Waals surface area contributed by atoms with Crippen molar-refractivity contribution in [2.45, 2.75) is 13.0 Å². The lowest BCUT2D eigenvalue weighted by molar-refractivity contribution is 0.669. The van der Waals surface area contributed by atoms with Gasteiger partial charge in [-0.05, 0) is 19.1 Å². The minimum Gasteiger partial charge on any atom is -0.366 e. The summed E-state index contributed by atoms with van der Waals surface area (Å²) in [7, 11) is 4.02. The molecule has 1 aromatic heterocycles. The third-order valence-corrected chi connectivity index (χ3v) is 3.49. The number of hydrogen-bond acceptors (Lipinski definition) is 3. The number of aryl methyl sites for hydroxylation is 1. The van der Waals surface area contributed by atoms with Gasteiger partial charge in [-0.1, -0.05) is 18.2 Å². The van der Waals surface area contributed by atoms with E-state index in [0.29, 0.717) is 6.54 Å². The summed E-state index contributed by atoms with van der Waals surface area (Å²) in [5.41, 5.74) is 9.45. The van der Waals surface area contributed by atoms with Crippen molar-refractivity contribution in [3.63, 3.8) is 0 Å². The number of para-hydroxylation sites is 1. The first-order chi connectivity index (χ1) is 8.65. The molecule has 1 heterocycles. The topological polar surface area (TPSA) is 47.1 Å². The first-order valence-electron chi connectivity index (χ1n) is 6.11. The average Bonchev–Trinajstić information content (AvgIpc) is 2.73. The molecule has 96 valence electrons. The molecule has 0 aliphatic heterocycles. The number of rotatable bonds is 4. The summed E-state index contributed by atoms with van der Waals surface area (Å²) in [6, 6.07) is 10.4. The molecule has 2 N–H and O–H groups in total. The van der Waals surface area contributed by atoms with Crippen molar-refractivity contribution in [2.75, 3.05) is 18.5 Å². The van der Waals surface area contributed by atoms with Crippen molar-refractivity contribution in [3.8, 4) is 0 Å². The number of benzene rings is 1. The summed E-state index contributed by atoms with van der Waals surface area (Å²) >= 11 is 0. The molecule has 0 saturated heterocycles.